The lowest BCUT2D eigenvalue weighted by Crippen LogP contribution is -2.11. The van der Waals surface area contributed by atoms with Crippen molar-refractivity contribution in [2.75, 3.05) is 0 Å². The minimum Gasteiger partial charge on any atom is -0.364 e. The zero-order valence-electron chi connectivity index (χ0n) is 14.8. The number of aromatic nitrogens is 1. The molecule has 1 fully saturated rings. The molecule has 0 N–H and O–H groups in total. The average molecular weight is 421 g/mol. The van der Waals surface area contributed by atoms with Gasteiger partial charge in [-0.25, -0.2) is 8.42 Å². The molecule has 1 aromatic heterocycles. The highest BCUT2D eigenvalue weighted by molar-refractivity contribution is 7.97. The molecule has 9 heteroatoms. The van der Waals surface area contributed by atoms with Gasteiger partial charge >= 0.3 is 6.18 Å². The van der Waals surface area contributed by atoms with Crippen LogP contribution in [0.5, 0.6) is 0 Å². The van der Waals surface area contributed by atoms with E-state index in [0.29, 0.717) is 9.79 Å². The fourth-order valence-corrected chi connectivity index (χ4v) is 4.33. The summed E-state index contributed by atoms with van der Waals surface area (Å²) in [6.45, 7) is 0. The van der Waals surface area contributed by atoms with E-state index >= 15 is 0 Å². The van der Waals surface area contributed by atoms with Crippen molar-refractivity contribution in [2.24, 2.45) is 0 Å². The molecule has 0 bridgehead atoms. The van der Waals surface area contributed by atoms with E-state index < -0.39 is 27.4 Å². The fraction of sp³-hybridized carbons (Fsp3) is 0.200. The number of carbonyl (C=O) groups excluding carboxylic acids is 1. The van der Waals surface area contributed by atoms with Crippen LogP contribution in [0, 0.1) is 0 Å². The van der Waals surface area contributed by atoms with Crippen LogP contribution in [0.1, 0.15) is 45.9 Å². The maximum absolute atomic E-state index is 12.9. The Morgan fingerprint density at radius 1 is 1.03 bits per heavy atom. The highest BCUT2D eigenvalue weighted by Gasteiger charge is 2.39. The molecule has 0 atom stereocenters. The molecule has 29 heavy (non-hydrogen) atoms. The molecular weight excluding hydrogens is 407 g/mol. The monoisotopic (exact) mass is 421 g/mol. The van der Waals surface area contributed by atoms with Gasteiger partial charge in [0.15, 0.2) is 5.69 Å². The number of carbonyl (C=O) groups is 1. The second kappa shape index (κ2) is 6.84. The van der Waals surface area contributed by atoms with E-state index in [0.717, 1.165) is 18.9 Å². The lowest BCUT2D eigenvalue weighted by molar-refractivity contribution is -0.138. The Bertz CT molecular complexity index is 1150. The van der Waals surface area contributed by atoms with Gasteiger partial charge in [0.2, 0.25) is 15.6 Å². The topological polar surface area (TPSA) is 77.2 Å². The summed E-state index contributed by atoms with van der Waals surface area (Å²) < 4.78 is 64.8. The quantitative estimate of drug-likeness (QED) is 0.356. The van der Waals surface area contributed by atoms with Gasteiger partial charge in [-0.15, -0.1) is 0 Å². The number of fused-ring (bicyclic) bond motifs is 1. The van der Waals surface area contributed by atoms with Gasteiger partial charge in [0.1, 0.15) is 6.26 Å². The molecule has 0 saturated heterocycles. The van der Waals surface area contributed by atoms with E-state index in [-0.39, 0.29) is 22.7 Å². The van der Waals surface area contributed by atoms with Crippen molar-refractivity contribution in [3.8, 4) is 0 Å². The Kier molecular flexibility index (Phi) is 4.57. The second-order valence-corrected chi connectivity index (χ2v) is 8.62. The molecule has 2 heterocycles. The first kappa shape index (κ1) is 19.4. The zero-order chi connectivity index (χ0) is 20.8. The summed E-state index contributed by atoms with van der Waals surface area (Å²) in [6.07, 6.45) is -1.69. The Morgan fingerprint density at radius 2 is 1.69 bits per heavy atom. The maximum Gasteiger partial charge on any atom is 0.416 e. The molecule has 2 aromatic carbocycles. The number of nitrogens with zero attached hydrogens (tertiary/aromatic N) is 1. The number of rotatable bonds is 3. The van der Waals surface area contributed by atoms with Crippen molar-refractivity contribution < 1.29 is 30.9 Å². The van der Waals surface area contributed by atoms with Crippen molar-refractivity contribution in [1.29, 1.82) is 0 Å². The van der Waals surface area contributed by atoms with Crippen LogP contribution < -0.4 is 0 Å². The first-order valence-electron chi connectivity index (χ1n) is 8.70. The highest BCUT2D eigenvalue weighted by Crippen LogP contribution is 2.46. The van der Waals surface area contributed by atoms with Gasteiger partial charge in [-0.05, 0) is 48.6 Å². The van der Waals surface area contributed by atoms with E-state index in [9.17, 15) is 26.4 Å². The molecule has 1 aliphatic carbocycles. The van der Waals surface area contributed by atoms with Crippen LogP contribution in [-0.2, 0) is 16.0 Å². The summed E-state index contributed by atoms with van der Waals surface area (Å²) in [5, 5.41) is 3.51. The molecule has 2 aliphatic rings. The fourth-order valence-electron chi connectivity index (χ4n) is 3.02. The van der Waals surface area contributed by atoms with Crippen molar-refractivity contribution >= 4 is 15.6 Å². The molecule has 0 unspecified atom stereocenters. The minimum absolute atomic E-state index is 0.0894. The Labute approximate surface area is 164 Å². The maximum atomic E-state index is 12.9. The Hall–Kier alpha value is -2.94. The van der Waals surface area contributed by atoms with Crippen LogP contribution in [0.4, 0.5) is 13.2 Å². The van der Waals surface area contributed by atoms with E-state index in [1.165, 1.54) is 24.5 Å². The van der Waals surface area contributed by atoms with Crippen LogP contribution in [0.2, 0.25) is 0 Å². The van der Waals surface area contributed by atoms with Crippen LogP contribution in [0.25, 0.3) is 0 Å². The first-order valence-corrected chi connectivity index (χ1v) is 10.2. The second-order valence-electron chi connectivity index (χ2n) is 6.74. The Balaban J connectivity index is 0.000000188. The largest absolute Gasteiger partial charge is 0.416 e. The summed E-state index contributed by atoms with van der Waals surface area (Å²) in [7, 11) is -2.88. The van der Waals surface area contributed by atoms with E-state index in [1.54, 1.807) is 24.3 Å². The molecule has 0 amide bonds. The zero-order valence-corrected chi connectivity index (χ0v) is 15.6. The van der Waals surface area contributed by atoms with Crippen LogP contribution in [-0.4, -0.2) is 19.4 Å². The number of hydrogen-bond donors (Lipinski definition) is 0. The third-order valence-corrected chi connectivity index (χ3v) is 6.36. The highest BCUT2D eigenvalue weighted by atomic mass is 32.2. The number of hydrogen-bond acceptors (Lipinski definition) is 5. The van der Waals surface area contributed by atoms with E-state index in [4.69, 9.17) is 0 Å². The van der Waals surface area contributed by atoms with E-state index in [1.807, 2.05) is 0 Å². The molecule has 5 nitrogen and oxygen atoms in total. The number of halogens is 3. The van der Waals surface area contributed by atoms with Gasteiger partial charge in [0.05, 0.1) is 15.4 Å². The van der Waals surface area contributed by atoms with Gasteiger partial charge in [0, 0.05) is 11.6 Å². The van der Waals surface area contributed by atoms with Gasteiger partial charge in [-0.2, -0.15) is 13.2 Å². The van der Waals surface area contributed by atoms with E-state index in [2.05, 4.69) is 9.68 Å². The number of ketones is 1. The van der Waals surface area contributed by atoms with Crippen LogP contribution in [0.3, 0.4) is 0 Å². The number of benzene rings is 2. The summed E-state index contributed by atoms with van der Waals surface area (Å²) >= 11 is 0. The Morgan fingerprint density at radius 3 is 2.17 bits per heavy atom. The molecule has 1 saturated carbocycles. The van der Waals surface area contributed by atoms with Crippen molar-refractivity contribution in [2.45, 2.75) is 34.7 Å². The lowest BCUT2D eigenvalue weighted by Gasteiger charge is -2.13. The smallest absolute Gasteiger partial charge is 0.364 e. The molecule has 150 valence electrons. The predicted molar refractivity (Wildman–Crippen MR) is 95.2 cm³/mol. The molecular formula is C20H14F3NO4S. The third-order valence-electron chi connectivity index (χ3n) is 4.69. The first-order chi connectivity index (χ1) is 13.7. The molecule has 0 radical (unpaired) electrons. The van der Waals surface area contributed by atoms with Crippen molar-refractivity contribution in [3.05, 3.63) is 77.2 Å². The summed E-state index contributed by atoms with van der Waals surface area (Å²) in [5.41, 5.74) is -0.163. The SMILES string of the molecule is O=C(c1ccc(C(F)(F)F)c(C2CC2)c1)c1ccon1.O=S1(=O)c2ccccc21. The van der Waals surface area contributed by atoms with Gasteiger partial charge < -0.3 is 4.52 Å². The van der Waals surface area contributed by atoms with Gasteiger partial charge in [-0.3, -0.25) is 4.79 Å². The normalized spacial score (nSPS) is 16.4. The minimum atomic E-state index is -4.40. The molecule has 3 aromatic rings. The summed E-state index contributed by atoms with van der Waals surface area (Å²) in [6, 6.07) is 11.6. The molecule has 5 rings (SSSR count). The summed E-state index contributed by atoms with van der Waals surface area (Å²) in [5.74, 6) is -0.536. The van der Waals surface area contributed by atoms with Gasteiger partial charge in [0.25, 0.3) is 0 Å². The standard InChI is InChI=1S/C14H10F3NO2.C6H4O2S/c15-14(16,17)11-4-3-9(7-10(11)8-1-2-8)13(19)12-5-6-20-18-12;7-9(8)5-3-1-2-4-6(5)9/h3-8H,1-2H2;1-4H. The average Bonchev–Trinajstić information content (AvgIpc) is 3.55. The van der Waals surface area contributed by atoms with Gasteiger partial charge in [-0.1, -0.05) is 23.4 Å². The number of alkyl halides is 3. The molecule has 0 spiro atoms. The van der Waals surface area contributed by atoms with Crippen molar-refractivity contribution in [3.63, 3.8) is 0 Å². The lowest BCUT2D eigenvalue weighted by atomic mass is 9.97. The van der Waals surface area contributed by atoms with Crippen LogP contribution in [0.15, 0.2) is 69.1 Å². The summed E-state index contributed by atoms with van der Waals surface area (Å²) in [4.78, 5) is 13.0. The van der Waals surface area contributed by atoms with Crippen molar-refractivity contribution in [1.82, 2.24) is 5.16 Å². The van der Waals surface area contributed by atoms with Crippen LogP contribution >= 0.6 is 0 Å². The molecule has 1 aliphatic heterocycles. The number of sulfone groups is 1. The third kappa shape index (κ3) is 3.82. The predicted octanol–water partition coefficient (Wildman–Crippen LogP) is 4.63.